The van der Waals surface area contributed by atoms with E-state index in [2.05, 4.69) is 5.32 Å². The second kappa shape index (κ2) is 5.67. The molecule has 0 aliphatic carbocycles. The number of benzene rings is 1. The Morgan fingerprint density at radius 2 is 2.11 bits per heavy atom. The van der Waals surface area contributed by atoms with Crippen molar-refractivity contribution in [3.8, 4) is 0 Å². The molecule has 1 heterocycles. The molecule has 1 atom stereocenters. The summed E-state index contributed by atoms with van der Waals surface area (Å²) in [6, 6.07) is 9.49. The molecular weight excluding hydrogens is 228 g/mol. The number of para-hydroxylation sites is 1. The molecule has 18 heavy (non-hydrogen) atoms. The van der Waals surface area contributed by atoms with Gasteiger partial charge in [-0.05, 0) is 25.0 Å². The standard InChI is InChI=1S/C14H18N2O2/c1-2-9-15-13(17)12-8-10-16(14(12)18)11-6-4-3-5-7-11/h3-7,12H,2,8-10H2,1H3,(H,15,17)/t12-/m0/s1. The summed E-state index contributed by atoms with van der Waals surface area (Å²) in [6.45, 7) is 3.24. The van der Waals surface area contributed by atoms with Crippen LogP contribution in [0.1, 0.15) is 19.8 Å². The number of hydrogen-bond donors (Lipinski definition) is 1. The van der Waals surface area contributed by atoms with Crippen molar-refractivity contribution in [2.75, 3.05) is 18.0 Å². The molecule has 1 saturated heterocycles. The summed E-state index contributed by atoms with van der Waals surface area (Å²) in [4.78, 5) is 25.7. The summed E-state index contributed by atoms with van der Waals surface area (Å²) >= 11 is 0. The predicted octanol–water partition coefficient (Wildman–Crippen LogP) is 1.57. The minimum absolute atomic E-state index is 0.0881. The van der Waals surface area contributed by atoms with E-state index >= 15 is 0 Å². The van der Waals surface area contributed by atoms with Gasteiger partial charge in [0.2, 0.25) is 11.8 Å². The zero-order valence-electron chi connectivity index (χ0n) is 10.6. The van der Waals surface area contributed by atoms with E-state index in [1.165, 1.54) is 0 Å². The molecule has 1 fully saturated rings. The molecule has 1 aromatic carbocycles. The second-order valence-corrected chi connectivity index (χ2v) is 4.46. The van der Waals surface area contributed by atoms with Crippen molar-refractivity contribution >= 4 is 17.5 Å². The van der Waals surface area contributed by atoms with Gasteiger partial charge in [-0.2, -0.15) is 0 Å². The Labute approximate surface area is 107 Å². The van der Waals surface area contributed by atoms with Crippen LogP contribution in [0.25, 0.3) is 0 Å². The number of carbonyl (C=O) groups excluding carboxylic acids is 2. The number of carbonyl (C=O) groups is 2. The topological polar surface area (TPSA) is 49.4 Å². The molecule has 96 valence electrons. The van der Waals surface area contributed by atoms with Crippen molar-refractivity contribution in [2.45, 2.75) is 19.8 Å². The van der Waals surface area contributed by atoms with Gasteiger partial charge >= 0.3 is 0 Å². The van der Waals surface area contributed by atoms with Gasteiger partial charge in [0, 0.05) is 18.8 Å². The van der Waals surface area contributed by atoms with Crippen LogP contribution in [-0.4, -0.2) is 24.9 Å². The monoisotopic (exact) mass is 246 g/mol. The van der Waals surface area contributed by atoms with Gasteiger partial charge in [-0.25, -0.2) is 0 Å². The van der Waals surface area contributed by atoms with Crippen LogP contribution in [0.2, 0.25) is 0 Å². The molecule has 1 aliphatic heterocycles. The minimum atomic E-state index is -0.517. The van der Waals surface area contributed by atoms with Gasteiger partial charge in [-0.1, -0.05) is 25.1 Å². The molecule has 1 N–H and O–H groups in total. The Morgan fingerprint density at radius 1 is 1.39 bits per heavy atom. The van der Waals surface area contributed by atoms with E-state index in [4.69, 9.17) is 0 Å². The van der Waals surface area contributed by atoms with Crippen LogP contribution >= 0.6 is 0 Å². The van der Waals surface area contributed by atoms with E-state index in [1.807, 2.05) is 37.3 Å². The number of nitrogens with zero attached hydrogens (tertiary/aromatic N) is 1. The van der Waals surface area contributed by atoms with E-state index in [0.717, 1.165) is 12.1 Å². The molecule has 0 radical (unpaired) electrons. The smallest absolute Gasteiger partial charge is 0.239 e. The minimum Gasteiger partial charge on any atom is -0.355 e. The van der Waals surface area contributed by atoms with Gasteiger partial charge in [-0.15, -0.1) is 0 Å². The molecule has 0 bridgehead atoms. The Hall–Kier alpha value is -1.84. The van der Waals surface area contributed by atoms with Crippen LogP contribution in [0.4, 0.5) is 5.69 Å². The fraction of sp³-hybridized carbons (Fsp3) is 0.429. The first kappa shape index (κ1) is 12.6. The summed E-state index contributed by atoms with van der Waals surface area (Å²) in [5, 5.41) is 2.79. The van der Waals surface area contributed by atoms with Crippen LogP contribution < -0.4 is 10.2 Å². The third-order valence-corrected chi connectivity index (χ3v) is 3.14. The highest BCUT2D eigenvalue weighted by atomic mass is 16.2. The number of anilines is 1. The fourth-order valence-electron chi connectivity index (χ4n) is 2.16. The lowest BCUT2D eigenvalue weighted by atomic mass is 10.1. The van der Waals surface area contributed by atoms with Gasteiger partial charge in [0.25, 0.3) is 0 Å². The zero-order chi connectivity index (χ0) is 13.0. The predicted molar refractivity (Wildman–Crippen MR) is 70.2 cm³/mol. The average molecular weight is 246 g/mol. The van der Waals surface area contributed by atoms with Gasteiger partial charge in [0.15, 0.2) is 0 Å². The molecule has 2 amide bonds. The summed E-state index contributed by atoms with van der Waals surface area (Å²) in [7, 11) is 0. The third-order valence-electron chi connectivity index (χ3n) is 3.14. The number of amides is 2. The van der Waals surface area contributed by atoms with Crippen molar-refractivity contribution in [2.24, 2.45) is 5.92 Å². The Morgan fingerprint density at radius 3 is 2.78 bits per heavy atom. The fourth-order valence-corrected chi connectivity index (χ4v) is 2.16. The van der Waals surface area contributed by atoms with Crippen LogP contribution in [0.3, 0.4) is 0 Å². The molecule has 4 heteroatoms. The van der Waals surface area contributed by atoms with Crippen LogP contribution in [0.15, 0.2) is 30.3 Å². The van der Waals surface area contributed by atoms with Crippen molar-refractivity contribution in [1.29, 1.82) is 0 Å². The molecule has 1 aromatic rings. The van der Waals surface area contributed by atoms with Crippen LogP contribution in [-0.2, 0) is 9.59 Å². The molecular formula is C14H18N2O2. The van der Waals surface area contributed by atoms with Crippen LogP contribution in [0.5, 0.6) is 0 Å². The van der Waals surface area contributed by atoms with E-state index in [1.54, 1.807) is 4.90 Å². The maximum Gasteiger partial charge on any atom is 0.239 e. The van der Waals surface area contributed by atoms with Crippen molar-refractivity contribution in [3.05, 3.63) is 30.3 Å². The van der Waals surface area contributed by atoms with Crippen molar-refractivity contribution < 1.29 is 9.59 Å². The summed E-state index contributed by atoms with van der Waals surface area (Å²) in [5.74, 6) is -0.744. The maximum absolute atomic E-state index is 12.2. The third kappa shape index (κ3) is 2.53. The SMILES string of the molecule is CCCNC(=O)[C@@H]1CCN(c2ccccc2)C1=O. The molecule has 0 aromatic heterocycles. The number of nitrogens with one attached hydrogen (secondary N) is 1. The van der Waals surface area contributed by atoms with Gasteiger partial charge in [-0.3, -0.25) is 9.59 Å². The summed E-state index contributed by atoms with van der Waals surface area (Å²) < 4.78 is 0. The first-order chi connectivity index (χ1) is 8.74. The molecule has 0 unspecified atom stereocenters. The Bertz CT molecular complexity index is 431. The Balaban J connectivity index is 2.03. The first-order valence-corrected chi connectivity index (χ1v) is 6.38. The van der Waals surface area contributed by atoms with E-state index in [9.17, 15) is 9.59 Å². The van der Waals surface area contributed by atoms with Crippen molar-refractivity contribution in [3.63, 3.8) is 0 Å². The summed E-state index contributed by atoms with van der Waals surface area (Å²) in [5.41, 5.74) is 0.869. The lowest BCUT2D eigenvalue weighted by Gasteiger charge is -2.16. The highest BCUT2D eigenvalue weighted by molar-refractivity contribution is 6.09. The molecule has 1 aliphatic rings. The highest BCUT2D eigenvalue weighted by Crippen LogP contribution is 2.24. The van der Waals surface area contributed by atoms with Gasteiger partial charge < -0.3 is 10.2 Å². The van der Waals surface area contributed by atoms with Crippen LogP contribution in [0, 0.1) is 5.92 Å². The lowest BCUT2D eigenvalue weighted by molar-refractivity contribution is -0.132. The first-order valence-electron chi connectivity index (χ1n) is 6.38. The normalized spacial score (nSPS) is 19.1. The van der Waals surface area contributed by atoms with E-state index in [-0.39, 0.29) is 11.8 Å². The lowest BCUT2D eigenvalue weighted by Crippen LogP contribution is -2.37. The second-order valence-electron chi connectivity index (χ2n) is 4.46. The quantitative estimate of drug-likeness (QED) is 0.820. The molecule has 0 spiro atoms. The Kier molecular flexibility index (Phi) is 3.97. The summed E-state index contributed by atoms with van der Waals surface area (Å²) in [6.07, 6.45) is 1.48. The molecule has 4 nitrogen and oxygen atoms in total. The van der Waals surface area contributed by atoms with Crippen molar-refractivity contribution in [1.82, 2.24) is 5.32 Å². The maximum atomic E-state index is 12.2. The zero-order valence-corrected chi connectivity index (χ0v) is 10.6. The largest absolute Gasteiger partial charge is 0.355 e. The highest BCUT2D eigenvalue weighted by Gasteiger charge is 2.37. The van der Waals surface area contributed by atoms with Gasteiger partial charge in [0.05, 0.1) is 0 Å². The molecule has 0 saturated carbocycles. The van der Waals surface area contributed by atoms with E-state index < -0.39 is 5.92 Å². The number of hydrogen-bond acceptors (Lipinski definition) is 2. The number of rotatable bonds is 4. The van der Waals surface area contributed by atoms with E-state index in [0.29, 0.717) is 19.5 Å². The molecule has 2 rings (SSSR count). The average Bonchev–Trinajstić information content (AvgIpc) is 2.79. The van der Waals surface area contributed by atoms with Gasteiger partial charge in [0.1, 0.15) is 5.92 Å².